The number of aliphatic hydroxyl groups is 1. The zero-order chi connectivity index (χ0) is 58.8. The number of aliphatic hydroxyl groups excluding tert-OH is 1. The number of nitrogens with zero attached hydrogens (tertiary/aromatic N) is 2. The summed E-state index contributed by atoms with van der Waals surface area (Å²) in [5, 5.41) is 41.1. The molecule has 28 nitrogen and oxygen atoms in total. The molecule has 0 rings (SSSR count). The fourth-order valence-electron chi connectivity index (χ4n) is 7.60. The monoisotopic (exact) mass is 1120 g/mol. The summed E-state index contributed by atoms with van der Waals surface area (Å²) in [7, 11) is 0. The van der Waals surface area contributed by atoms with Gasteiger partial charge < -0.3 is 92.9 Å². The molecule has 24 N–H and O–H groups in total. The van der Waals surface area contributed by atoms with Gasteiger partial charge in [0.05, 0.1) is 12.6 Å². The van der Waals surface area contributed by atoms with E-state index in [2.05, 4.69) is 65.1 Å². The number of nitrogens with two attached hydrogens (primary N) is 7. The highest BCUT2D eigenvalue weighted by molar-refractivity contribution is 7.80. The van der Waals surface area contributed by atoms with E-state index in [0.29, 0.717) is 38.6 Å². The number of aliphatic imine (C=N–C) groups is 2. The van der Waals surface area contributed by atoms with E-state index in [0.717, 1.165) is 0 Å². The number of guanidine groups is 2. The molecule has 0 aliphatic carbocycles. The highest BCUT2D eigenvalue weighted by Gasteiger charge is 2.36. The van der Waals surface area contributed by atoms with Crippen LogP contribution in [0.1, 0.15) is 125 Å². The molecular formula is C48H93N17O11S. The van der Waals surface area contributed by atoms with Gasteiger partial charge in [0.2, 0.25) is 47.3 Å². The number of carboxylic acid groups (broad SMARTS) is 1. The molecule has 0 aliphatic heterocycles. The Labute approximate surface area is 458 Å². The van der Waals surface area contributed by atoms with E-state index in [-0.39, 0.29) is 106 Å². The van der Waals surface area contributed by atoms with Crippen molar-refractivity contribution in [3.8, 4) is 0 Å². The summed E-state index contributed by atoms with van der Waals surface area (Å²) in [6.45, 7) is 10.4. The lowest BCUT2D eigenvalue weighted by molar-refractivity contribution is -0.142. The quantitative estimate of drug-likeness (QED) is 0.0119. The maximum atomic E-state index is 14.3. The smallest absolute Gasteiger partial charge is 0.326 e. The standard InChI is InChI=1S/C48H93N17O11S/c1-7-28(6)37(65-38(67)29(51)25-77)45(74)63-35(23-27(4)5)43(72)64-36(24-66)44(73)60-30(14-8-10-18-49)39(68)58-32(17-13-21-57-48(54)55)41(70)62-34(22-26(2)3)42(71)59-31(16-12-20-56-47(52)53)40(69)61-33(46(75)76)15-9-11-19-50/h26-37,66,77H,7-25,49-51H2,1-6H3,(H,58,68)(H,59,71)(H,60,73)(H,61,69)(H,62,70)(H,63,74)(H,64,72)(H,65,67)(H,75,76)(H4,52,53,56)(H4,54,55,57)/t28-,29-,30-,31-,32-,33-,34-,35-,36-,37-/m0/s1. The van der Waals surface area contributed by atoms with Crippen LogP contribution in [-0.2, 0) is 43.2 Å². The van der Waals surface area contributed by atoms with Crippen molar-refractivity contribution in [1.29, 1.82) is 0 Å². The van der Waals surface area contributed by atoms with Crippen molar-refractivity contribution in [3.63, 3.8) is 0 Å². The fraction of sp³-hybridized carbons (Fsp3) is 0.771. The van der Waals surface area contributed by atoms with Gasteiger partial charge in [0.25, 0.3) is 0 Å². The highest BCUT2D eigenvalue weighted by atomic mass is 32.1. The number of rotatable bonds is 41. The van der Waals surface area contributed by atoms with Gasteiger partial charge in [0.1, 0.15) is 48.3 Å². The molecule has 0 aromatic rings. The molecule has 0 fully saturated rings. The Morgan fingerprint density at radius 2 is 0.818 bits per heavy atom. The van der Waals surface area contributed by atoms with Crippen LogP contribution in [0.15, 0.2) is 9.98 Å². The number of carbonyl (C=O) groups excluding carboxylic acids is 8. The van der Waals surface area contributed by atoms with E-state index in [1.54, 1.807) is 34.6 Å². The molecule has 0 unspecified atom stereocenters. The number of carbonyl (C=O) groups is 9. The second-order valence-corrected chi connectivity index (χ2v) is 20.2. The summed E-state index contributed by atoms with van der Waals surface area (Å²) in [4.78, 5) is 130. The van der Waals surface area contributed by atoms with E-state index in [4.69, 9.17) is 40.1 Å². The highest BCUT2D eigenvalue weighted by Crippen LogP contribution is 2.14. The van der Waals surface area contributed by atoms with Crippen LogP contribution in [-0.4, -0.2) is 168 Å². The van der Waals surface area contributed by atoms with Crippen molar-refractivity contribution in [3.05, 3.63) is 0 Å². The van der Waals surface area contributed by atoms with E-state index in [1.807, 2.05) is 6.92 Å². The number of unbranched alkanes of at least 4 members (excludes halogenated alkanes) is 2. The fourth-order valence-corrected chi connectivity index (χ4v) is 7.76. The van der Waals surface area contributed by atoms with E-state index in [1.165, 1.54) is 0 Å². The van der Waals surface area contributed by atoms with Gasteiger partial charge in [0, 0.05) is 18.8 Å². The molecule has 29 heteroatoms. The molecule has 10 atom stereocenters. The minimum Gasteiger partial charge on any atom is -0.480 e. The third kappa shape index (κ3) is 29.9. The van der Waals surface area contributed by atoms with Crippen LogP contribution in [0.5, 0.6) is 0 Å². The Morgan fingerprint density at radius 3 is 1.17 bits per heavy atom. The summed E-state index contributed by atoms with van der Waals surface area (Å²) in [6.07, 6.45) is 2.50. The molecule has 0 heterocycles. The summed E-state index contributed by atoms with van der Waals surface area (Å²) < 4.78 is 0. The molecular weight excluding hydrogens is 1020 g/mol. The molecule has 77 heavy (non-hydrogen) atoms. The van der Waals surface area contributed by atoms with Gasteiger partial charge in [-0.05, 0) is 108 Å². The number of amides is 8. The second-order valence-electron chi connectivity index (χ2n) is 19.8. The van der Waals surface area contributed by atoms with E-state index >= 15 is 0 Å². The van der Waals surface area contributed by atoms with Crippen LogP contribution in [0.3, 0.4) is 0 Å². The van der Waals surface area contributed by atoms with Crippen LogP contribution in [0.25, 0.3) is 0 Å². The molecule has 0 saturated carbocycles. The lowest BCUT2D eigenvalue weighted by atomic mass is 9.96. The van der Waals surface area contributed by atoms with Gasteiger partial charge in [-0.15, -0.1) is 0 Å². The Bertz CT molecular complexity index is 1920. The molecule has 442 valence electrons. The van der Waals surface area contributed by atoms with Crippen molar-refractivity contribution >= 4 is 77.8 Å². The first-order valence-corrected chi connectivity index (χ1v) is 27.0. The van der Waals surface area contributed by atoms with Crippen molar-refractivity contribution < 1.29 is 53.4 Å². The predicted octanol–water partition coefficient (Wildman–Crippen LogP) is -4.30. The summed E-state index contributed by atoms with van der Waals surface area (Å²) in [5.41, 5.74) is 39.1. The number of hydrogen-bond donors (Lipinski definition) is 18. The topological polar surface area (TPSA) is 497 Å². The van der Waals surface area contributed by atoms with Gasteiger partial charge in [-0.3, -0.25) is 48.3 Å². The third-order valence-corrected chi connectivity index (χ3v) is 12.5. The molecule has 0 spiro atoms. The van der Waals surface area contributed by atoms with Gasteiger partial charge in [-0.1, -0.05) is 48.0 Å². The SMILES string of the molecule is CC[C@H](C)[C@H](NC(=O)[C@@H](N)CS)C(=O)N[C@@H](CC(C)C)C(=O)N[C@@H](CO)C(=O)N[C@@H](CCCCN)C(=O)N[C@@H](CCCN=C(N)N)C(=O)N[C@@H](CC(C)C)C(=O)N[C@@H](CCCN=C(N)N)C(=O)N[C@@H](CCCCN)C(=O)O. The van der Waals surface area contributed by atoms with Gasteiger partial charge >= 0.3 is 5.97 Å². The Balaban J connectivity index is 6.85. The molecule has 0 bridgehead atoms. The van der Waals surface area contributed by atoms with Crippen LogP contribution in [0.4, 0.5) is 0 Å². The van der Waals surface area contributed by atoms with Crippen LogP contribution >= 0.6 is 12.6 Å². The number of thiol groups is 1. The summed E-state index contributed by atoms with van der Waals surface area (Å²) in [6, 6.07) is -11.6. The van der Waals surface area contributed by atoms with E-state index < -0.39 is 114 Å². The summed E-state index contributed by atoms with van der Waals surface area (Å²) in [5.74, 6) is -8.91. The van der Waals surface area contributed by atoms with Crippen molar-refractivity contribution in [2.24, 2.45) is 67.9 Å². The summed E-state index contributed by atoms with van der Waals surface area (Å²) >= 11 is 4.06. The zero-order valence-electron chi connectivity index (χ0n) is 45.8. The average molecular weight is 1120 g/mol. The molecule has 0 aromatic heterocycles. The first-order valence-electron chi connectivity index (χ1n) is 26.4. The second kappa shape index (κ2) is 39.3. The number of nitrogens with one attached hydrogen (secondary N) is 8. The van der Waals surface area contributed by atoms with Gasteiger partial charge in [-0.2, -0.15) is 12.6 Å². The normalized spacial score (nSPS) is 15.1. The maximum Gasteiger partial charge on any atom is 0.326 e. The molecule has 8 amide bonds. The molecule has 0 aliphatic rings. The minimum atomic E-state index is -1.64. The number of carboxylic acids is 1. The average Bonchev–Trinajstić information content (AvgIpc) is 3.36. The molecule has 0 radical (unpaired) electrons. The van der Waals surface area contributed by atoms with Crippen molar-refractivity contribution in [2.45, 2.75) is 179 Å². The lowest BCUT2D eigenvalue weighted by Crippen LogP contribution is -2.61. The molecule has 0 saturated heterocycles. The first-order chi connectivity index (χ1) is 36.3. The van der Waals surface area contributed by atoms with Gasteiger partial charge in [-0.25, -0.2) is 4.79 Å². The maximum absolute atomic E-state index is 14.3. The largest absolute Gasteiger partial charge is 0.480 e. The lowest BCUT2D eigenvalue weighted by Gasteiger charge is -2.29. The van der Waals surface area contributed by atoms with Crippen molar-refractivity contribution in [1.82, 2.24) is 42.5 Å². The molecule has 0 aromatic carbocycles. The Morgan fingerprint density at radius 1 is 0.481 bits per heavy atom. The Hall–Kier alpha value is -6.04. The number of aliphatic carboxylic acids is 1. The zero-order valence-corrected chi connectivity index (χ0v) is 46.7. The van der Waals surface area contributed by atoms with Gasteiger partial charge in [0.15, 0.2) is 11.9 Å². The van der Waals surface area contributed by atoms with Crippen LogP contribution < -0.4 is 82.7 Å². The first kappa shape index (κ1) is 71.0. The third-order valence-electron chi connectivity index (χ3n) is 12.1. The van der Waals surface area contributed by atoms with Crippen molar-refractivity contribution in [2.75, 3.05) is 38.5 Å². The van der Waals surface area contributed by atoms with Crippen LogP contribution in [0.2, 0.25) is 0 Å². The van der Waals surface area contributed by atoms with Crippen LogP contribution in [0, 0.1) is 17.8 Å². The predicted molar refractivity (Wildman–Crippen MR) is 296 cm³/mol. The minimum absolute atomic E-state index is 0.0164. The Kier molecular flexibility index (Phi) is 36.3. The number of hydrogen-bond acceptors (Lipinski definition) is 16. The van der Waals surface area contributed by atoms with E-state index in [9.17, 15) is 53.4 Å².